The SMILES string of the molecule is C1=NC2=C(N[NH2+]1)OCO2. The number of hydrogen-bond acceptors (Lipinski definition) is 4. The van der Waals surface area contributed by atoms with Crippen molar-refractivity contribution in [1.82, 2.24) is 5.43 Å². The van der Waals surface area contributed by atoms with E-state index in [1.165, 1.54) is 0 Å². The highest BCUT2D eigenvalue weighted by atomic mass is 16.7. The van der Waals surface area contributed by atoms with Crippen LogP contribution in [0.3, 0.4) is 0 Å². The Labute approximate surface area is 51.3 Å². The van der Waals surface area contributed by atoms with E-state index in [4.69, 9.17) is 9.47 Å². The first-order chi connectivity index (χ1) is 4.47. The number of aliphatic imine (C=N–C) groups is 1. The van der Waals surface area contributed by atoms with Crippen molar-refractivity contribution in [2.45, 2.75) is 0 Å². The van der Waals surface area contributed by atoms with Crippen LogP contribution in [0.2, 0.25) is 0 Å². The molecule has 2 aliphatic heterocycles. The van der Waals surface area contributed by atoms with Crippen LogP contribution in [-0.2, 0) is 9.47 Å². The average molecular weight is 128 g/mol. The first kappa shape index (κ1) is 4.63. The van der Waals surface area contributed by atoms with E-state index in [1.807, 2.05) is 0 Å². The molecule has 2 heterocycles. The standard InChI is InChI=1S/C4H5N3O2/c1-5-3-4(7-6-1)9-2-8-3/h1,7H,2H2,(H,5,6)/p+1. The van der Waals surface area contributed by atoms with Crippen molar-refractivity contribution >= 4 is 6.34 Å². The van der Waals surface area contributed by atoms with E-state index >= 15 is 0 Å². The molecule has 2 rings (SSSR count). The number of quaternary nitrogens is 1. The van der Waals surface area contributed by atoms with Crippen LogP contribution in [0.5, 0.6) is 0 Å². The Morgan fingerprint density at radius 3 is 3.56 bits per heavy atom. The van der Waals surface area contributed by atoms with Crippen molar-refractivity contribution in [3.8, 4) is 0 Å². The van der Waals surface area contributed by atoms with Crippen LogP contribution in [0.1, 0.15) is 0 Å². The Hall–Kier alpha value is -1.23. The molecule has 0 amide bonds. The first-order valence-electron chi connectivity index (χ1n) is 2.59. The molecule has 2 aliphatic rings. The molecule has 5 heteroatoms. The van der Waals surface area contributed by atoms with E-state index < -0.39 is 0 Å². The largest absolute Gasteiger partial charge is 0.436 e. The summed E-state index contributed by atoms with van der Waals surface area (Å²) in [6, 6.07) is 0. The maximum absolute atomic E-state index is 4.96. The number of nitrogens with two attached hydrogens (primary N) is 1. The summed E-state index contributed by atoms with van der Waals surface area (Å²) in [5.41, 5.74) is 4.53. The fraction of sp³-hybridized carbons (Fsp3) is 0.250. The number of hydrogen-bond donors (Lipinski definition) is 2. The van der Waals surface area contributed by atoms with E-state index in [0.717, 1.165) is 0 Å². The fourth-order valence-corrected chi connectivity index (χ4v) is 0.689. The zero-order valence-corrected chi connectivity index (χ0v) is 4.63. The minimum atomic E-state index is 0.267. The second-order valence-electron chi connectivity index (χ2n) is 1.63. The topological polar surface area (TPSA) is 59.5 Å². The summed E-state index contributed by atoms with van der Waals surface area (Å²) in [6.07, 6.45) is 1.62. The number of ether oxygens (including phenoxy) is 2. The lowest BCUT2D eigenvalue weighted by Crippen LogP contribution is -2.92. The third-order valence-electron chi connectivity index (χ3n) is 1.07. The molecular formula is C4H6N3O2+. The highest BCUT2D eigenvalue weighted by Crippen LogP contribution is 2.13. The minimum absolute atomic E-state index is 0.267. The van der Waals surface area contributed by atoms with Gasteiger partial charge >= 0.3 is 5.88 Å². The van der Waals surface area contributed by atoms with Crippen LogP contribution >= 0.6 is 0 Å². The van der Waals surface area contributed by atoms with Gasteiger partial charge in [-0.3, -0.25) is 0 Å². The number of nitrogens with zero attached hydrogens (tertiary/aromatic N) is 1. The lowest BCUT2D eigenvalue weighted by molar-refractivity contribution is -0.593. The molecule has 5 nitrogen and oxygen atoms in total. The fourth-order valence-electron chi connectivity index (χ4n) is 0.689. The summed E-state index contributed by atoms with van der Waals surface area (Å²) < 4.78 is 9.89. The van der Waals surface area contributed by atoms with Crippen LogP contribution in [-0.4, -0.2) is 13.1 Å². The smallest absolute Gasteiger partial charge is 0.301 e. The van der Waals surface area contributed by atoms with Gasteiger partial charge in [-0.2, -0.15) is 10.4 Å². The van der Waals surface area contributed by atoms with Gasteiger partial charge in [-0.1, -0.05) is 0 Å². The maximum atomic E-state index is 4.96. The van der Waals surface area contributed by atoms with E-state index in [1.54, 1.807) is 11.8 Å². The minimum Gasteiger partial charge on any atom is -0.436 e. The Balaban J connectivity index is 2.28. The van der Waals surface area contributed by atoms with Crippen LogP contribution in [0.15, 0.2) is 16.8 Å². The van der Waals surface area contributed by atoms with Crippen molar-refractivity contribution in [3.63, 3.8) is 0 Å². The van der Waals surface area contributed by atoms with Crippen molar-refractivity contribution in [3.05, 3.63) is 11.8 Å². The lowest BCUT2D eigenvalue weighted by atomic mass is 10.7. The van der Waals surface area contributed by atoms with Crippen molar-refractivity contribution in [2.24, 2.45) is 4.99 Å². The molecule has 0 radical (unpaired) electrons. The normalized spacial score (nSPS) is 22.2. The summed E-state index contributed by atoms with van der Waals surface area (Å²) >= 11 is 0. The Morgan fingerprint density at radius 2 is 2.67 bits per heavy atom. The Bertz CT molecular complexity index is 186. The molecule has 0 aliphatic carbocycles. The molecule has 0 saturated carbocycles. The highest BCUT2D eigenvalue weighted by Gasteiger charge is 2.20. The lowest BCUT2D eigenvalue weighted by Gasteiger charge is -2.01. The van der Waals surface area contributed by atoms with Crippen molar-refractivity contribution in [1.29, 1.82) is 0 Å². The molecule has 0 aromatic carbocycles. The van der Waals surface area contributed by atoms with E-state index in [-0.39, 0.29) is 6.79 Å². The maximum Gasteiger partial charge on any atom is 0.301 e. The van der Waals surface area contributed by atoms with Gasteiger partial charge in [0.25, 0.3) is 5.88 Å². The van der Waals surface area contributed by atoms with Crippen molar-refractivity contribution in [2.75, 3.05) is 6.79 Å². The van der Waals surface area contributed by atoms with Gasteiger partial charge in [-0.05, 0) is 0 Å². The quantitative estimate of drug-likeness (QED) is 0.379. The second-order valence-corrected chi connectivity index (χ2v) is 1.63. The molecule has 0 atom stereocenters. The summed E-state index contributed by atoms with van der Waals surface area (Å²) in [4.78, 5) is 3.88. The molecule has 0 fully saturated rings. The van der Waals surface area contributed by atoms with E-state index in [9.17, 15) is 0 Å². The molecule has 0 bridgehead atoms. The number of nitrogens with one attached hydrogen (secondary N) is 1. The molecule has 0 unspecified atom stereocenters. The Morgan fingerprint density at radius 1 is 1.67 bits per heavy atom. The number of rotatable bonds is 0. The molecule has 0 aromatic rings. The predicted octanol–water partition coefficient (Wildman–Crippen LogP) is -1.77. The third-order valence-corrected chi connectivity index (χ3v) is 1.07. The van der Waals surface area contributed by atoms with Crippen LogP contribution < -0.4 is 10.9 Å². The van der Waals surface area contributed by atoms with Crippen LogP contribution in [0.25, 0.3) is 0 Å². The van der Waals surface area contributed by atoms with Gasteiger partial charge in [-0.25, -0.2) is 5.43 Å². The summed E-state index contributed by atoms with van der Waals surface area (Å²) in [7, 11) is 0. The van der Waals surface area contributed by atoms with E-state index in [2.05, 4.69) is 10.4 Å². The van der Waals surface area contributed by atoms with Gasteiger partial charge in [0.2, 0.25) is 13.1 Å². The zero-order valence-electron chi connectivity index (χ0n) is 4.63. The molecular weight excluding hydrogens is 122 g/mol. The molecule has 48 valence electrons. The molecule has 9 heavy (non-hydrogen) atoms. The Kier molecular flexibility index (Phi) is 0.837. The van der Waals surface area contributed by atoms with Gasteiger partial charge in [0.05, 0.1) is 0 Å². The van der Waals surface area contributed by atoms with Gasteiger partial charge in [0, 0.05) is 0 Å². The summed E-state index contributed by atoms with van der Waals surface area (Å²) in [5.74, 6) is 1.15. The first-order valence-corrected chi connectivity index (χ1v) is 2.59. The van der Waals surface area contributed by atoms with Gasteiger partial charge < -0.3 is 9.47 Å². The summed E-state index contributed by atoms with van der Waals surface area (Å²) in [6.45, 7) is 0.267. The second kappa shape index (κ2) is 1.63. The average Bonchev–Trinajstić information content (AvgIpc) is 2.33. The zero-order chi connectivity index (χ0) is 6.10. The molecule has 0 saturated heterocycles. The third kappa shape index (κ3) is 0.619. The van der Waals surface area contributed by atoms with Crippen LogP contribution in [0, 0.1) is 0 Å². The highest BCUT2D eigenvalue weighted by molar-refractivity contribution is 5.45. The molecule has 0 spiro atoms. The predicted molar refractivity (Wildman–Crippen MR) is 27.6 cm³/mol. The van der Waals surface area contributed by atoms with Gasteiger partial charge in [0.1, 0.15) is 0 Å². The van der Waals surface area contributed by atoms with Gasteiger partial charge in [0.15, 0.2) is 0 Å². The monoisotopic (exact) mass is 128 g/mol. The molecule has 3 N–H and O–H groups in total. The van der Waals surface area contributed by atoms with Crippen molar-refractivity contribution < 1.29 is 14.9 Å². The summed E-state index contributed by atoms with van der Waals surface area (Å²) in [5, 5.41) is 0. The van der Waals surface area contributed by atoms with E-state index in [0.29, 0.717) is 11.8 Å². The van der Waals surface area contributed by atoms with Crippen LogP contribution in [0.4, 0.5) is 0 Å². The van der Waals surface area contributed by atoms with Gasteiger partial charge in [-0.15, -0.1) is 0 Å². The molecule has 0 aromatic heterocycles.